The van der Waals surface area contributed by atoms with Crippen LogP contribution in [0.4, 0.5) is 0 Å². The second-order valence-corrected chi connectivity index (χ2v) is 6.22. The van der Waals surface area contributed by atoms with Gasteiger partial charge in [-0.1, -0.05) is 12.0 Å². The number of aromatic nitrogens is 3. The lowest BCUT2D eigenvalue weighted by atomic mass is 9.98. The fourth-order valence-corrected chi connectivity index (χ4v) is 3.13. The molecule has 3 aromatic rings. The normalized spacial score (nSPS) is 16.1. The lowest BCUT2D eigenvalue weighted by molar-refractivity contribution is 0.197. The summed E-state index contributed by atoms with van der Waals surface area (Å²) < 4.78 is 1.73. The molecule has 1 N–H and O–H groups in total. The van der Waals surface area contributed by atoms with Crippen molar-refractivity contribution in [2.24, 2.45) is 5.92 Å². The highest BCUT2D eigenvalue weighted by molar-refractivity contribution is 5.79. The molecule has 124 valence electrons. The Balaban J connectivity index is 1.76. The van der Waals surface area contributed by atoms with Crippen LogP contribution in [0.5, 0.6) is 0 Å². The predicted molar refractivity (Wildman–Crippen MR) is 95.1 cm³/mol. The van der Waals surface area contributed by atoms with Gasteiger partial charge < -0.3 is 5.11 Å². The van der Waals surface area contributed by atoms with E-state index in [0.717, 1.165) is 17.8 Å². The summed E-state index contributed by atoms with van der Waals surface area (Å²) in [4.78, 5) is 21.5. The van der Waals surface area contributed by atoms with Crippen molar-refractivity contribution >= 4 is 10.9 Å². The summed E-state index contributed by atoms with van der Waals surface area (Å²) in [5.41, 5.74) is 2.14. The summed E-state index contributed by atoms with van der Waals surface area (Å²) in [6.07, 6.45) is 3.15. The number of nitrogens with zero attached hydrogens (tertiary/aromatic N) is 3. The van der Waals surface area contributed by atoms with E-state index in [4.69, 9.17) is 0 Å². The van der Waals surface area contributed by atoms with Crippen LogP contribution in [0.2, 0.25) is 0 Å². The van der Waals surface area contributed by atoms with E-state index >= 15 is 0 Å². The van der Waals surface area contributed by atoms with E-state index in [1.807, 2.05) is 30.3 Å². The molecule has 0 bridgehead atoms. The van der Waals surface area contributed by atoms with Gasteiger partial charge in [0, 0.05) is 31.3 Å². The molecule has 0 spiro atoms. The molecule has 5 nitrogen and oxygen atoms in total. The van der Waals surface area contributed by atoms with Crippen molar-refractivity contribution in [3.63, 3.8) is 0 Å². The average Bonchev–Trinajstić information content (AvgIpc) is 2.66. The van der Waals surface area contributed by atoms with E-state index in [9.17, 15) is 9.90 Å². The standard InChI is InChI=1S/C20H17N3O2/c24-13-15-8-10-23-19(12-15)22-18-11-14(5-7-17(18)20(23)25)4-6-16-3-1-2-9-21-16/h1-3,5,7,9,11,15,24H,8,10,12-13H2. The van der Waals surface area contributed by atoms with Gasteiger partial charge in [0.1, 0.15) is 11.5 Å². The van der Waals surface area contributed by atoms with E-state index in [1.54, 1.807) is 16.8 Å². The third kappa shape index (κ3) is 3.04. The van der Waals surface area contributed by atoms with Crippen LogP contribution in [0.3, 0.4) is 0 Å². The molecule has 0 amide bonds. The summed E-state index contributed by atoms with van der Waals surface area (Å²) in [5, 5.41) is 9.99. The monoisotopic (exact) mass is 331 g/mol. The second-order valence-electron chi connectivity index (χ2n) is 6.22. The molecule has 1 aliphatic heterocycles. The Kier molecular flexibility index (Phi) is 4.04. The maximum atomic E-state index is 12.7. The molecule has 2 aromatic heterocycles. The first-order chi connectivity index (χ1) is 12.2. The van der Waals surface area contributed by atoms with Crippen molar-refractivity contribution in [2.45, 2.75) is 19.4 Å². The Labute approximate surface area is 145 Å². The van der Waals surface area contributed by atoms with Crippen LogP contribution in [0, 0.1) is 17.8 Å². The Morgan fingerprint density at radius 3 is 2.96 bits per heavy atom. The van der Waals surface area contributed by atoms with Gasteiger partial charge in [0.2, 0.25) is 0 Å². The van der Waals surface area contributed by atoms with Crippen molar-refractivity contribution in [2.75, 3.05) is 6.61 Å². The predicted octanol–water partition coefficient (Wildman–Crippen LogP) is 1.75. The van der Waals surface area contributed by atoms with Gasteiger partial charge in [0.25, 0.3) is 5.56 Å². The average molecular weight is 331 g/mol. The third-order valence-corrected chi connectivity index (χ3v) is 4.52. The van der Waals surface area contributed by atoms with Crippen molar-refractivity contribution in [1.82, 2.24) is 14.5 Å². The molecule has 0 radical (unpaired) electrons. The highest BCUT2D eigenvalue weighted by Gasteiger charge is 2.21. The van der Waals surface area contributed by atoms with E-state index in [1.165, 1.54) is 0 Å². The fourth-order valence-electron chi connectivity index (χ4n) is 3.13. The molecule has 3 heterocycles. The smallest absolute Gasteiger partial charge is 0.261 e. The molecule has 5 heteroatoms. The van der Waals surface area contributed by atoms with Crippen molar-refractivity contribution in [3.8, 4) is 11.8 Å². The maximum absolute atomic E-state index is 12.7. The summed E-state index contributed by atoms with van der Waals surface area (Å²) in [7, 11) is 0. The SMILES string of the molecule is O=c1c2ccc(C#Cc3ccccn3)cc2nc2n1CCC(CO)C2. The lowest BCUT2D eigenvalue weighted by Gasteiger charge is -2.24. The van der Waals surface area contributed by atoms with Crippen molar-refractivity contribution in [1.29, 1.82) is 0 Å². The first-order valence-corrected chi connectivity index (χ1v) is 8.32. The van der Waals surface area contributed by atoms with Gasteiger partial charge in [-0.25, -0.2) is 9.97 Å². The summed E-state index contributed by atoms with van der Waals surface area (Å²) >= 11 is 0. The number of rotatable bonds is 1. The molecular formula is C20H17N3O2. The summed E-state index contributed by atoms with van der Waals surface area (Å²) in [6, 6.07) is 11.1. The molecule has 4 rings (SSSR count). The van der Waals surface area contributed by atoms with Crippen molar-refractivity contribution in [3.05, 3.63) is 70.0 Å². The third-order valence-electron chi connectivity index (χ3n) is 4.52. The number of fused-ring (bicyclic) bond motifs is 2. The van der Waals surface area contributed by atoms with Gasteiger partial charge in [0.15, 0.2) is 0 Å². The van der Waals surface area contributed by atoms with Gasteiger partial charge >= 0.3 is 0 Å². The topological polar surface area (TPSA) is 68.0 Å². The molecule has 1 atom stereocenters. The Morgan fingerprint density at radius 2 is 2.16 bits per heavy atom. The minimum atomic E-state index is -0.0133. The van der Waals surface area contributed by atoms with Crippen LogP contribution in [0.1, 0.15) is 23.5 Å². The largest absolute Gasteiger partial charge is 0.396 e. The van der Waals surface area contributed by atoms with Gasteiger partial charge in [-0.2, -0.15) is 0 Å². The minimum absolute atomic E-state index is 0.0133. The highest BCUT2D eigenvalue weighted by Crippen LogP contribution is 2.19. The number of hydrogen-bond donors (Lipinski definition) is 1. The van der Waals surface area contributed by atoms with Crippen LogP contribution in [-0.2, 0) is 13.0 Å². The molecule has 0 aliphatic carbocycles. The highest BCUT2D eigenvalue weighted by atomic mass is 16.3. The molecule has 0 fully saturated rings. The number of pyridine rings is 1. The minimum Gasteiger partial charge on any atom is -0.396 e. The number of aliphatic hydroxyl groups is 1. The van der Waals surface area contributed by atoms with E-state index in [0.29, 0.717) is 29.6 Å². The van der Waals surface area contributed by atoms with Gasteiger partial charge in [-0.15, -0.1) is 0 Å². The number of aliphatic hydroxyl groups excluding tert-OH is 1. The molecule has 25 heavy (non-hydrogen) atoms. The lowest BCUT2D eigenvalue weighted by Crippen LogP contribution is -2.32. The van der Waals surface area contributed by atoms with Gasteiger partial charge in [-0.3, -0.25) is 9.36 Å². The van der Waals surface area contributed by atoms with E-state index < -0.39 is 0 Å². The van der Waals surface area contributed by atoms with Crippen molar-refractivity contribution < 1.29 is 5.11 Å². The number of hydrogen-bond acceptors (Lipinski definition) is 4. The maximum Gasteiger partial charge on any atom is 0.261 e. The zero-order chi connectivity index (χ0) is 17.2. The molecule has 0 saturated heterocycles. The molecule has 1 aliphatic rings. The zero-order valence-corrected chi connectivity index (χ0v) is 13.6. The first kappa shape index (κ1) is 15.6. The van der Waals surface area contributed by atoms with E-state index in [2.05, 4.69) is 21.8 Å². The first-order valence-electron chi connectivity index (χ1n) is 8.32. The molecule has 0 saturated carbocycles. The zero-order valence-electron chi connectivity index (χ0n) is 13.6. The Hall–Kier alpha value is -2.97. The summed E-state index contributed by atoms with van der Waals surface area (Å²) in [6.45, 7) is 0.743. The van der Waals surface area contributed by atoms with Crippen LogP contribution in [-0.4, -0.2) is 26.2 Å². The van der Waals surface area contributed by atoms with Crippen LogP contribution in [0.15, 0.2) is 47.4 Å². The Bertz CT molecular complexity index is 1050. The fraction of sp³-hybridized carbons (Fsp3) is 0.250. The second kappa shape index (κ2) is 6.50. The molecule has 1 aromatic carbocycles. The summed E-state index contributed by atoms with van der Waals surface area (Å²) in [5.74, 6) is 7.01. The van der Waals surface area contributed by atoms with Gasteiger partial charge in [0.05, 0.1) is 10.9 Å². The Morgan fingerprint density at radius 1 is 1.24 bits per heavy atom. The van der Waals surface area contributed by atoms with Gasteiger partial charge in [-0.05, 0) is 48.6 Å². The van der Waals surface area contributed by atoms with Crippen LogP contribution in [0.25, 0.3) is 10.9 Å². The van der Waals surface area contributed by atoms with E-state index in [-0.39, 0.29) is 18.1 Å². The molecule has 1 unspecified atom stereocenters. The van der Waals surface area contributed by atoms with Crippen LogP contribution >= 0.6 is 0 Å². The quantitative estimate of drug-likeness (QED) is 0.690. The molecular weight excluding hydrogens is 314 g/mol. The van der Waals surface area contributed by atoms with Crippen LogP contribution < -0.4 is 5.56 Å². The number of benzene rings is 1.